The van der Waals surface area contributed by atoms with Crippen molar-refractivity contribution in [1.82, 2.24) is 4.90 Å². The highest BCUT2D eigenvalue weighted by Crippen LogP contribution is 2.36. The molecule has 1 aliphatic rings. The van der Waals surface area contributed by atoms with E-state index in [1.165, 1.54) is 18.7 Å². The van der Waals surface area contributed by atoms with E-state index in [9.17, 15) is 0 Å². The third kappa shape index (κ3) is 1.76. The molecule has 0 saturated carbocycles. The standard InChI is InChI=1S/C10H19N/c1-8-6-9(7-11(8)5)10(2,3)4/h9H,1,6-7H2,2-5H3. The van der Waals surface area contributed by atoms with Crippen molar-refractivity contribution in [3.05, 3.63) is 12.3 Å². The van der Waals surface area contributed by atoms with Crippen LogP contribution in [-0.2, 0) is 0 Å². The van der Waals surface area contributed by atoms with E-state index in [-0.39, 0.29) is 0 Å². The molecule has 0 spiro atoms. The summed E-state index contributed by atoms with van der Waals surface area (Å²) in [4.78, 5) is 2.27. The fraction of sp³-hybridized carbons (Fsp3) is 0.800. The van der Waals surface area contributed by atoms with E-state index >= 15 is 0 Å². The molecule has 0 amide bonds. The highest BCUT2D eigenvalue weighted by Gasteiger charge is 2.31. The van der Waals surface area contributed by atoms with Crippen LogP contribution in [0.2, 0.25) is 0 Å². The number of allylic oxidation sites excluding steroid dienone is 1. The Morgan fingerprint density at radius 1 is 1.45 bits per heavy atom. The maximum atomic E-state index is 4.02. The number of hydrogen-bond acceptors (Lipinski definition) is 1. The predicted molar refractivity (Wildman–Crippen MR) is 49.3 cm³/mol. The van der Waals surface area contributed by atoms with Crippen LogP contribution in [0.3, 0.4) is 0 Å². The van der Waals surface area contributed by atoms with Gasteiger partial charge in [-0.2, -0.15) is 0 Å². The first kappa shape index (κ1) is 8.63. The fourth-order valence-corrected chi connectivity index (χ4v) is 1.54. The van der Waals surface area contributed by atoms with Gasteiger partial charge in [-0.1, -0.05) is 27.4 Å². The van der Waals surface area contributed by atoms with E-state index in [1.807, 2.05) is 0 Å². The Morgan fingerprint density at radius 2 is 2.00 bits per heavy atom. The first-order chi connectivity index (χ1) is 4.91. The molecule has 1 aliphatic heterocycles. The summed E-state index contributed by atoms with van der Waals surface area (Å²) in [6.45, 7) is 12.1. The van der Waals surface area contributed by atoms with E-state index in [0.717, 1.165) is 5.92 Å². The number of likely N-dealkylation sites (tertiary alicyclic amines) is 1. The minimum absolute atomic E-state index is 0.438. The van der Waals surface area contributed by atoms with E-state index < -0.39 is 0 Å². The van der Waals surface area contributed by atoms with Gasteiger partial charge in [-0.3, -0.25) is 0 Å². The Morgan fingerprint density at radius 3 is 2.18 bits per heavy atom. The minimum Gasteiger partial charge on any atom is -0.378 e. The topological polar surface area (TPSA) is 3.24 Å². The van der Waals surface area contributed by atoms with E-state index in [2.05, 4.69) is 39.3 Å². The molecule has 0 N–H and O–H groups in total. The van der Waals surface area contributed by atoms with Gasteiger partial charge >= 0.3 is 0 Å². The largest absolute Gasteiger partial charge is 0.378 e. The quantitative estimate of drug-likeness (QED) is 0.517. The van der Waals surface area contributed by atoms with Crippen molar-refractivity contribution in [3.8, 4) is 0 Å². The average Bonchev–Trinajstić information content (AvgIpc) is 2.11. The zero-order valence-electron chi connectivity index (χ0n) is 8.15. The lowest BCUT2D eigenvalue weighted by molar-refractivity contribution is 0.242. The van der Waals surface area contributed by atoms with Gasteiger partial charge in [0, 0.05) is 19.3 Å². The smallest absolute Gasteiger partial charge is 0.0208 e. The third-order valence-corrected chi connectivity index (χ3v) is 2.74. The summed E-state index contributed by atoms with van der Waals surface area (Å²) in [6, 6.07) is 0. The molecule has 1 nitrogen and oxygen atoms in total. The van der Waals surface area contributed by atoms with Gasteiger partial charge in [0.1, 0.15) is 0 Å². The fourth-order valence-electron chi connectivity index (χ4n) is 1.54. The second-order valence-electron chi connectivity index (χ2n) is 4.71. The lowest BCUT2D eigenvalue weighted by atomic mass is 9.80. The first-order valence-electron chi connectivity index (χ1n) is 4.30. The maximum Gasteiger partial charge on any atom is 0.0208 e. The Hall–Kier alpha value is -0.460. The van der Waals surface area contributed by atoms with Crippen LogP contribution in [0.4, 0.5) is 0 Å². The minimum atomic E-state index is 0.438. The van der Waals surface area contributed by atoms with Crippen LogP contribution in [0.25, 0.3) is 0 Å². The van der Waals surface area contributed by atoms with Crippen LogP contribution in [-0.4, -0.2) is 18.5 Å². The van der Waals surface area contributed by atoms with Crippen LogP contribution in [0.1, 0.15) is 27.2 Å². The Kier molecular flexibility index (Phi) is 2.00. The van der Waals surface area contributed by atoms with Gasteiger partial charge in [0.15, 0.2) is 0 Å². The number of hydrogen-bond donors (Lipinski definition) is 0. The van der Waals surface area contributed by atoms with Gasteiger partial charge < -0.3 is 4.90 Å². The molecule has 0 aromatic rings. The van der Waals surface area contributed by atoms with Gasteiger partial charge in [-0.05, 0) is 17.8 Å². The van der Waals surface area contributed by atoms with Crippen LogP contribution in [0.5, 0.6) is 0 Å². The van der Waals surface area contributed by atoms with Crippen molar-refractivity contribution in [2.75, 3.05) is 13.6 Å². The molecule has 1 rings (SSSR count). The molecule has 11 heavy (non-hydrogen) atoms. The molecule has 1 fully saturated rings. The Labute approximate surface area is 70.1 Å². The van der Waals surface area contributed by atoms with E-state index in [4.69, 9.17) is 0 Å². The van der Waals surface area contributed by atoms with Gasteiger partial charge in [-0.25, -0.2) is 0 Å². The summed E-state index contributed by atoms with van der Waals surface area (Å²) < 4.78 is 0. The highest BCUT2D eigenvalue weighted by atomic mass is 15.1. The second-order valence-corrected chi connectivity index (χ2v) is 4.71. The summed E-state index contributed by atoms with van der Waals surface area (Å²) in [6.07, 6.45) is 1.18. The molecule has 0 radical (unpaired) electrons. The van der Waals surface area contributed by atoms with Crippen LogP contribution >= 0.6 is 0 Å². The number of rotatable bonds is 0. The van der Waals surface area contributed by atoms with Crippen LogP contribution in [0, 0.1) is 11.3 Å². The summed E-state index contributed by atoms with van der Waals surface area (Å²) in [5.41, 5.74) is 1.73. The zero-order valence-corrected chi connectivity index (χ0v) is 8.15. The van der Waals surface area contributed by atoms with Gasteiger partial charge in [-0.15, -0.1) is 0 Å². The molecular weight excluding hydrogens is 134 g/mol. The lowest BCUT2D eigenvalue weighted by Crippen LogP contribution is -2.23. The van der Waals surface area contributed by atoms with Crippen LogP contribution < -0.4 is 0 Å². The molecule has 0 aliphatic carbocycles. The predicted octanol–water partition coefficient (Wildman–Crippen LogP) is 2.50. The van der Waals surface area contributed by atoms with Gasteiger partial charge in [0.05, 0.1) is 0 Å². The lowest BCUT2D eigenvalue weighted by Gasteiger charge is -2.26. The molecule has 1 unspecified atom stereocenters. The zero-order chi connectivity index (χ0) is 8.65. The molecule has 1 atom stereocenters. The summed E-state index contributed by atoms with van der Waals surface area (Å²) in [7, 11) is 2.13. The molecule has 1 heteroatoms. The van der Waals surface area contributed by atoms with Crippen molar-refractivity contribution >= 4 is 0 Å². The van der Waals surface area contributed by atoms with Crippen molar-refractivity contribution in [2.45, 2.75) is 27.2 Å². The summed E-state index contributed by atoms with van der Waals surface area (Å²) >= 11 is 0. The SMILES string of the molecule is C=C1CC(C(C)(C)C)CN1C. The number of nitrogens with zero attached hydrogens (tertiary/aromatic N) is 1. The van der Waals surface area contributed by atoms with Crippen molar-refractivity contribution in [3.63, 3.8) is 0 Å². The van der Waals surface area contributed by atoms with Crippen molar-refractivity contribution in [2.24, 2.45) is 11.3 Å². The third-order valence-electron chi connectivity index (χ3n) is 2.74. The first-order valence-corrected chi connectivity index (χ1v) is 4.30. The Bertz CT molecular complexity index is 164. The average molecular weight is 153 g/mol. The maximum absolute atomic E-state index is 4.02. The summed E-state index contributed by atoms with van der Waals surface area (Å²) in [5.74, 6) is 0.792. The molecule has 1 heterocycles. The molecule has 0 bridgehead atoms. The summed E-state index contributed by atoms with van der Waals surface area (Å²) in [5, 5.41) is 0. The van der Waals surface area contributed by atoms with Crippen LogP contribution in [0.15, 0.2) is 12.3 Å². The molecule has 0 aromatic heterocycles. The Balaban J connectivity index is 2.61. The van der Waals surface area contributed by atoms with Gasteiger partial charge in [0.2, 0.25) is 0 Å². The molecular formula is C10H19N. The molecule has 1 saturated heterocycles. The monoisotopic (exact) mass is 153 g/mol. The normalized spacial score (nSPS) is 26.4. The molecule has 0 aromatic carbocycles. The van der Waals surface area contributed by atoms with E-state index in [0.29, 0.717) is 5.41 Å². The van der Waals surface area contributed by atoms with Crippen molar-refractivity contribution < 1.29 is 0 Å². The highest BCUT2D eigenvalue weighted by molar-refractivity contribution is 5.03. The van der Waals surface area contributed by atoms with Crippen molar-refractivity contribution in [1.29, 1.82) is 0 Å². The molecule has 64 valence electrons. The second kappa shape index (κ2) is 2.54. The van der Waals surface area contributed by atoms with Gasteiger partial charge in [0.25, 0.3) is 0 Å². The van der Waals surface area contributed by atoms with E-state index in [1.54, 1.807) is 0 Å².